The van der Waals surface area contributed by atoms with E-state index in [0.29, 0.717) is 92.0 Å². The van der Waals surface area contributed by atoms with Crippen molar-refractivity contribution in [2.45, 2.75) is 0 Å². The van der Waals surface area contributed by atoms with Crippen LogP contribution >= 0.6 is 0 Å². The second kappa shape index (κ2) is 26.8. The predicted octanol–water partition coefficient (Wildman–Crippen LogP) is 1.55. The number of carboxylic acid groups (broad SMARTS) is 3. The van der Waals surface area contributed by atoms with Gasteiger partial charge in [-0.1, -0.05) is 0 Å². The average Bonchev–Trinajstić information content (AvgIpc) is 3.98. The minimum absolute atomic E-state index is 0.0312. The number of nitrogens with one attached hydrogen (secondary N) is 3. The van der Waals surface area contributed by atoms with Crippen molar-refractivity contribution in [2.75, 3.05) is 169 Å². The molecule has 0 atom stereocenters. The first-order valence-electron chi connectivity index (χ1n) is 24.2. The fourth-order valence-electron chi connectivity index (χ4n) is 8.47. The summed E-state index contributed by atoms with van der Waals surface area (Å²) in [5.74, 6) is -0.986. The molecule has 2 saturated heterocycles. The van der Waals surface area contributed by atoms with Gasteiger partial charge in [-0.15, -0.1) is 0 Å². The first-order chi connectivity index (χ1) is 34.4. The van der Waals surface area contributed by atoms with E-state index < -0.39 is 17.9 Å². The molecule has 0 aliphatic carbocycles. The molecule has 22 nitrogen and oxygen atoms in total. The number of carboxylic acids is 3. The highest BCUT2D eigenvalue weighted by atomic mass is 16.6. The molecular formula is C49H67N11O11. The SMILES string of the molecule is CN1CCN(c2ccc3nc(-c4ccc5nc(-c6ccc(OCCOCCOCCOCCNC(=O)CN7CCN(CC(=O)O)CCN(CC(=O)O)CCN(CC(=O)O)CC7)cc6)[nH]c5c4)[nH]c3c2)CC1. The number of aliphatic carboxylic acids is 3. The Morgan fingerprint density at radius 2 is 0.986 bits per heavy atom. The van der Waals surface area contributed by atoms with Crippen LogP contribution in [0.25, 0.3) is 44.8 Å². The van der Waals surface area contributed by atoms with Gasteiger partial charge < -0.3 is 59.4 Å². The van der Waals surface area contributed by atoms with E-state index in [1.54, 1.807) is 14.7 Å². The van der Waals surface area contributed by atoms with Gasteiger partial charge >= 0.3 is 17.9 Å². The number of likely N-dealkylation sites (N-methyl/N-ethyl adjacent to an activating group) is 1. The molecule has 2 aromatic heterocycles. The fourth-order valence-corrected chi connectivity index (χ4v) is 8.47. The fraction of sp³-hybridized carbons (Fsp3) is 0.510. The van der Waals surface area contributed by atoms with Crippen LogP contribution in [0.3, 0.4) is 0 Å². The molecule has 2 fully saturated rings. The van der Waals surface area contributed by atoms with E-state index in [0.717, 1.165) is 76.8 Å². The third kappa shape index (κ3) is 17.0. The Morgan fingerprint density at radius 3 is 1.52 bits per heavy atom. The van der Waals surface area contributed by atoms with E-state index in [2.05, 4.69) is 56.4 Å². The van der Waals surface area contributed by atoms with Crippen LogP contribution in [0.2, 0.25) is 0 Å². The number of fused-ring (bicyclic) bond motifs is 2. The molecular weight excluding hydrogens is 919 g/mol. The lowest BCUT2D eigenvalue weighted by molar-refractivity contribution is -0.140. The standard InChI is InChI=1S/C49H67N11O11/c1-55-11-21-60(22-12-55)38-5-9-41-43(31-38)54-49(52-41)37-4-8-40-42(30-37)53-48(51-40)36-2-6-39(7-3-36)71-29-28-70-27-26-69-25-24-68-23-10-50-44(61)32-56-13-15-57(33-45(62)63)17-19-59(35-47(66)67)20-18-58(16-14-56)34-46(64)65/h2-9,30-31H,10-29,32-35H2,1H3,(H,50,61)(H,51,53)(H,52,54)(H,62,63)(H,64,65)(H,66,67). The Kier molecular flexibility index (Phi) is 19.9. The number of carbonyl (C=O) groups is 4. The third-order valence-electron chi connectivity index (χ3n) is 12.4. The van der Waals surface area contributed by atoms with E-state index in [1.807, 2.05) is 41.3 Å². The van der Waals surface area contributed by atoms with Crippen LogP contribution < -0.4 is 15.0 Å². The van der Waals surface area contributed by atoms with Crippen molar-refractivity contribution >= 4 is 51.6 Å². The van der Waals surface area contributed by atoms with Crippen LogP contribution in [0, 0.1) is 0 Å². The number of anilines is 1. The second-order valence-corrected chi connectivity index (χ2v) is 17.7. The van der Waals surface area contributed by atoms with E-state index in [4.69, 9.17) is 28.9 Å². The molecule has 384 valence electrons. The Hall–Kier alpha value is -6.24. The molecule has 7 rings (SSSR count). The number of hydrogen-bond acceptors (Lipinski definition) is 16. The molecule has 2 aliphatic heterocycles. The lowest BCUT2D eigenvalue weighted by Gasteiger charge is -2.34. The third-order valence-corrected chi connectivity index (χ3v) is 12.4. The van der Waals surface area contributed by atoms with Crippen LogP contribution in [0.5, 0.6) is 5.75 Å². The van der Waals surface area contributed by atoms with Crippen LogP contribution in [0.1, 0.15) is 0 Å². The minimum Gasteiger partial charge on any atom is -0.491 e. The molecule has 0 saturated carbocycles. The zero-order valence-electron chi connectivity index (χ0n) is 40.4. The van der Waals surface area contributed by atoms with E-state index in [9.17, 15) is 34.5 Å². The smallest absolute Gasteiger partial charge is 0.317 e. The van der Waals surface area contributed by atoms with E-state index in [1.165, 1.54) is 5.69 Å². The summed E-state index contributed by atoms with van der Waals surface area (Å²) in [6.07, 6.45) is 0. The van der Waals surface area contributed by atoms with Crippen molar-refractivity contribution in [3.8, 4) is 28.5 Å². The number of amides is 1. The molecule has 5 aromatic rings. The summed E-state index contributed by atoms with van der Waals surface area (Å²) in [7, 11) is 2.16. The summed E-state index contributed by atoms with van der Waals surface area (Å²) in [5, 5.41) is 31.1. The largest absolute Gasteiger partial charge is 0.491 e. The van der Waals surface area contributed by atoms with Crippen molar-refractivity contribution in [1.29, 1.82) is 0 Å². The van der Waals surface area contributed by atoms with Crippen molar-refractivity contribution in [3.05, 3.63) is 60.7 Å². The van der Waals surface area contributed by atoms with E-state index >= 15 is 0 Å². The van der Waals surface area contributed by atoms with Crippen molar-refractivity contribution in [3.63, 3.8) is 0 Å². The highest BCUT2D eigenvalue weighted by Crippen LogP contribution is 2.29. The molecule has 2 aliphatic rings. The Bertz CT molecular complexity index is 2460. The minimum atomic E-state index is -1.02. The number of hydrogen-bond donors (Lipinski definition) is 6. The molecule has 22 heteroatoms. The number of rotatable bonds is 24. The van der Waals surface area contributed by atoms with Gasteiger partial charge in [0.05, 0.1) is 87.9 Å². The molecule has 0 spiro atoms. The number of ether oxygens (including phenoxy) is 4. The quantitative estimate of drug-likeness (QED) is 0.0480. The molecule has 0 bridgehead atoms. The lowest BCUT2D eigenvalue weighted by Crippen LogP contribution is -2.50. The predicted molar refractivity (Wildman–Crippen MR) is 266 cm³/mol. The molecule has 3 aromatic carbocycles. The Labute approximate surface area is 412 Å². The zero-order valence-corrected chi connectivity index (χ0v) is 40.4. The van der Waals surface area contributed by atoms with Crippen molar-refractivity contribution in [2.24, 2.45) is 0 Å². The molecule has 1 amide bonds. The summed E-state index contributed by atoms with van der Waals surface area (Å²) in [4.78, 5) is 75.8. The van der Waals surface area contributed by atoms with Gasteiger partial charge in [-0.3, -0.25) is 38.8 Å². The number of H-pyrrole nitrogens is 2. The maximum atomic E-state index is 12.9. The van der Waals surface area contributed by atoms with Gasteiger partial charge in [-0.05, 0) is 67.7 Å². The zero-order chi connectivity index (χ0) is 50.0. The van der Waals surface area contributed by atoms with E-state index in [-0.39, 0.29) is 45.2 Å². The lowest BCUT2D eigenvalue weighted by atomic mass is 10.2. The Morgan fingerprint density at radius 1 is 0.535 bits per heavy atom. The number of aromatic nitrogens is 4. The number of aromatic amines is 2. The van der Waals surface area contributed by atoms with Gasteiger partial charge in [-0.2, -0.15) is 0 Å². The summed E-state index contributed by atoms with van der Waals surface area (Å²) >= 11 is 0. The highest BCUT2D eigenvalue weighted by Gasteiger charge is 2.22. The van der Waals surface area contributed by atoms with Crippen molar-refractivity contribution in [1.82, 2.24) is 49.8 Å². The second-order valence-electron chi connectivity index (χ2n) is 17.7. The maximum Gasteiger partial charge on any atom is 0.317 e. The number of imidazole rings is 2. The van der Waals surface area contributed by atoms with Crippen LogP contribution in [-0.2, 0) is 33.4 Å². The summed E-state index contributed by atoms with van der Waals surface area (Å²) < 4.78 is 22.8. The number of benzene rings is 3. The molecule has 0 radical (unpaired) electrons. The average molecular weight is 986 g/mol. The first-order valence-corrected chi connectivity index (χ1v) is 24.2. The normalized spacial score (nSPS) is 16.5. The molecule has 4 heterocycles. The molecule has 0 unspecified atom stereocenters. The highest BCUT2D eigenvalue weighted by molar-refractivity contribution is 5.87. The van der Waals surface area contributed by atoms with Gasteiger partial charge in [0.25, 0.3) is 0 Å². The topological polar surface area (TPSA) is 255 Å². The number of nitrogens with zero attached hydrogens (tertiary/aromatic N) is 8. The molecule has 6 N–H and O–H groups in total. The van der Waals surface area contributed by atoms with Gasteiger partial charge in [0.2, 0.25) is 5.91 Å². The van der Waals surface area contributed by atoms with Gasteiger partial charge in [0.15, 0.2) is 0 Å². The van der Waals surface area contributed by atoms with Gasteiger partial charge in [-0.25, -0.2) is 9.97 Å². The summed E-state index contributed by atoms with van der Waals surface area (Å²) in [5.41, 5.74) is 6.87. The monoisotopic (exact) mass is 986 g/mol. The van der Waals surface area contributed by atoms with Gasteiger partial charge in [0, 0.05) is 102 Å². The maximum absolute atomic E-state index is 12.9. The summed E-state index contributed by atoms with van der Waals surface area (Å²) in [6, 6.07) is 20.3. The van der Waals surface area contributed by atoms with Crippen LogP contribution in [0.4, 0.5) is 5.69 Å². The van der Waals surface area contributed by atoms with Crippen molar-refractivity contribution < 1.29 is 53.4 Å². The van der Waals surface area contributed by atoms with Crippen LogP contribution in [0.15, 0.2) is 60.7 Å². The molecule has 71 heavy (non-hydrogen) atoms. The summed E-state index contributed by atoms with van der Waals surface area (Å²) in [6.45, 7) is 8.83. The first kappa shape index (κ1) is 52.6. The Balaban J connectivity index is 0.742. The number of carbonyl (C=O) groups excluding carboxylic acids is 1. The van der Waals surface area contributed by atoms with Crippen LogP contribution in [-0.4, -0.2) is 248 Å². The number of piperazine rings is 1. The van der Waals surface area contributed by atoms with Gasteiger partial charge in [0.1, 0.15) is 24.0 Å².